The quantitative estimate of drug-likeness (QED) is 0.623. The van der Waals surface area contributed by atoms with Crippen molar-refractivity contribution in [2.24, 2.45) is 0 Å². The van der Waals surface area contributed by atoms with Gasteiger partial charge in [0.05, 0.1) is 23.0 Å². The molecule has 0 unspecified atom stereocenters. The Kier molecular flexibility index (Phi) is 5.85. The normalized spacial score (nSPS) is 19.6. The summed E-state index contributed by atoms with van der Waals surface area (Å²) in [7, 11) is -7.62. The molecule has 0 saturated carbocycles. The Morgan fingerprint density at radius 1 is 0.545 bits per heavy atom. The van der Waals surface area contributed by atoms with Crippen LogP contribution >= 0.6 is 0 Å². The van der Waals surface area contributed by atoms with Crippen molar-refractivity contribution in [3.05, 3.63) is 36.4 Å². The molecule has 0 N–H and O–H groups in total. The number of ether oxygens (including phenoxy) is 4. The number of fused-ring (bicyclic) bond motifs is 2. The zero-order chi connectivity index (χ0) is 23.1. The van der Waals surface area contributed by atoms with Crippen molar-refractivity contribution < 1.29 is 35.8 Å². The Balaban J connectivity index is 1.31. The van der Waals surface area contributed by atoms with Gasteiger partial charge in [0.25, 0.3) is 0 Å². The minimum absolute atomic E-state index is 0.0422. The van der Waals surface area contributed by atoms with Crippen LogP contribution in [0.2, 0.25) is 0 Å². The first-order valence-electron chi connectivity index (χ1n) is 10.7. The van der Waals surface area contributed by atoms with Crippen LogP contribution in [0, 0.1) is 0 Å². The summed E-state index contributed by atoms with van der Waals surface area (Å²) in [4.78, 5) is 0.181. The zero-order valence-corrected chi connectivity index (χ0v) is 19.4. The summed E-state index contributed by atoms with van der Waals surface area (Å²) >= 11 is 0. The number of hydrogen-bond donors (Lipinski definition) is 0. The van der Waals surface area contributed by atoms with E-state index < -0.39 is 20.0 Å². The molecule has 0 aromatic heterocycles. The summed E-state index contributed by atoms with van der Waals surface area (Å²) < 4.78 is 77.3. The first-order valence-corrected chi connectivity index (χ1v) is 13.5. The Bertz CT molecular complexity index is 1260. The highest BCUT2D eigenvalue weighted by Gasteiger charge is 2.34. The van der Waals surface area contributed by atoms with Crippen LogP contribution in [0.1, 0.15) is 6.42 Å². The van der Waals surface area contributed by atoms with Gasteiger partial charge in [-0.2, -0.15) is 8.61 Å². The summed E-state index contributed by atoms with van der Waals surface area (Å²) in [6, 6.07) is 9.05. The summed E-state index contributed by atoms with van der Waals surface area (Å²) in [5.41, 5.74) is 0. The van der Waals surface area contributed by atoms with E-state index in [-0.39, 0.29) is 36.0 Å². The fourth-order valence-corrected chi connectivity index (χ4v) is 6.81. The molecular weight excluding hydrogens is 472 g/mol. The second-order valence-electron chi connectivity index (χ2n) is 7.77. The van der Waals surface area contributed by atoms with Gasteiger partial charge in [0.15, 0.2) is 23.0 Å². The fourth-order valence-electron chi connectivity index (χ4n) is 3.94. The van der Waals surface area contributed by atoms with Gasteiger partial charge in [-0.25, -0.2) is 16.8 Å². The number of sulfonamides is 2. The summed E-state index contributed by atoms with van der Waals surface area (Å²) in [6.07, 6.45) is 0.719. The lowest BCUT2D eigenvalue weighted by atomic mass is 10.3. The smallest absolute Gasteiger partial charge is 0.243 e. The van der Waals surface area contributed by atoms with E-state index in [2.05, 4.69) is 0 Å². The molecule has 0 spiro atoms. The predicted molar refractivity (Wildman–Crippen MR) is 117 cm³/mol. The van der Waals surface area contributed by atoms with Gasteiger partial charge in [0.1, 0.15) is 13.2 Å². The molecule has 178 valence electrons. The van der Waals surface area contributed by atoms with Crippen molar-refractivity contribution >= 4 is 20.0 Å². The number of piperazine rings is 1. The number of nitrogens with zero attached hydrogens (tertiary/aromatic N) is 2. The maximum absolute atomic E-state index is 13.2. The van der Waals surface area contributed by atoms with Gasteiger partial charge in [-0.15, -0.1) is 0 Å². The third-order valence-electron chi connectivity index (χ3n) is 5.71. The summed E-state index contributed by atoms with van der Waals surface area (Å²) in [5.74, 6) is 1.80. The molecule has 12 heteroatoms. The lowest BCUT2D eigenvalue weighted by Gasteiger charge is -2.33. The molecule has 2 aromatic carbocycles. The highest BCUT2D eigenvalue weighted by atomic mass is 32.2. The van der Waals surface area contributed by atoms with E-state index >= 15 is 0 Å². The van der Waals surface area contributed by atoms with Crippen LogP contribution in [-0.4, -0.2) is 78.1 Å². The van der Waals surface area contributed by atoms with E-state index in [1.165, 1.54) is 32.9 Å². The third kappa shape index (κ3) is 4.23. The predicted octanol–water partition coefficient (Wildman–Crippen LogP) is 1.31. The summed E-state index contributed by atoms with van der Waals surface area (Å²) in [6.45, 7) is 1.90. The molecule has 3 heterocycles. The Labute approximate surface area is 192 Å². The van der Waals surface area contributed by atoms with Gasteiger partial charge < -0.3 is 18.9 Å². The van der Waals surface area contributed by atoms with Crippen LogP contribution < -0.4 is 18.9 Å². The topological polar surface area (TPSA) is 112 Å². The highest BCUT2D eigenvalue weighted by molar-refractivity contribution is 7.89. The molecule has 1 fully saturated rings. The maximum atomic E-state index is 13.2. The van der Waals surface area contributed by atoms with E-state index in [0.29, 0.717) is 49.4 Å². The fraction of sp³-hybridized carbons (Fsp3) is 0.429. The Morgan fingerprint density at radius 2 is 0.939 bits per heavy atom. The largest absolute Gasteiger partial charge is 0.490 e. The Hall–Kier alpha value is -2.54. The van der Waals surface area contributed by atoms with Crippen molar-refractivity contribution in [1.82, 2.24) is 8.61 Å². The van der Waals surface area contributed by atoms with Crippen LogP contribution in [0.4, 0.5) is 0 Å². The van der Waals surface area contributed by atoms with E-state index in [4.69, 9.17) is 18.9 Å². The van der Waals surface area contributed by atoms with Crippen molar-refractivity contribution in [3.8, 4) is 23.0 Å². The van der Waals surface area contributed by atoms with Crippen molar-refractivity contribution in [2.75, 3.05) is 52.6 Å². The molecule has 33 heavy (non-hydrogen) atoms. The minimum atomic E-state index is -3.81. The average molecular weight is 497 g/mol. The van der Waals surface area contributed by atoms with Crippen LogP contribution in [0.5, 0.6) is 23.0 Å². The van der Waals surface area contributed by atoms with E-state index in [0.717, 1.165) is 6.42 Å². The van der Waals surface area contributed by atoms with Gasteiger partial charge in [-0.05, 0) is 24.3 Å². The van der Waals surface area contributed by atoms with Crippen LogP contribution in [0.25, 0.3) is 0 Å². The molecule has 5 rings (SSSR count). The van der Waals surface area contributed by atoms with Crippen LogP contribution in [0.15, 0.2) is 46.2 Å². The van der Waals surface area contributed by atoms with Gasteiger partial charge in [-0.1, -0.05) is 0 Å². The zero-order valence-electron chi connectivity index (χ0n) is 17.8. The molecule has 2 aromatic rings. The molecule has 0 radical (unpaired) electrons. The monoisotopic (exact) mass is 496 g/mol. The van der Waals surface area contributed by atoms with Gasteiger partial charge >= 0.3 is 0 Å². The maximum Gasteiger partial charge on any atom is 0.243 e. The van der Waals surface area contributed by atoms with Gasteiger partial charge in [-0.3, -0.25) is 0 Å². The second-order valence-corrected chi connectivity index (χ2v) is 11.6. The molecule has 10 nitrogen and oxygen atoms in total. The molecule has 0 atom stereocenters. The molecule has 1 saturated heterocycles. The van der Waals surface area contributed by atoms with E-state index in [1.807, 2.05) is 0 Å². The molecular formula is C21H24N2O8S2. The SMILES string of the molecule is O=S(=O)(c1ccc2c(c1)OCCCO2)N1CCN(S(=O)(=O)c2ccc3c(c2)OCCO3)CC1. The highest BCUT2D eigenvalue weighted by Crippen LogP contribution is 2.35. The first kappa shape index (κ1) is 22.3. The van der Waals surface area contributed by atoms with Crippen molar-refractivity contribution in [2.45, 2.75) is 16.2 Å². The molecule has 3 aliphatic heterocycles. The van der Waals surface area contributed by atoms with Gasteiger partial charge in [0.2, 0.25) is 20.0 Å². The lowest BCUT2D eigenvalue weighted by molar-refractivity contribution is 0.171. The summed E-state index contributed by atoms with van der Waals surface area (Å²) in [5, 5.41) is 0. The Morgan fingerprint density at radius 3 is 1.42 bits per heavy atom. The van der Waals surface area contributed by atoms with Crippen LogP contribution in [-0.2, 0) is 20.0 Å². The molecule has 3 aliphatic rings. The average Bonchev–Trinajstić information content (AvgIpc) is 3.09. The minimum Gasteiger partial charge on any atom is -0.490 e. The van der Waals surface area contributed by atoms with Crippen molar-refractivity contribution in [1.29, 1.82) is 0 Å². The van der Waals surface area contributed by atoms with Crippen molar-refractivity contribution in [3.63, 3.8) is 0 Å². The third-order valence-corrected chi connectivity index (χ3v) is 9.50. The lowest BCUT2D eigenvalue weighted by Crippen LogP contribution is -2.50. The standard InChI is InChI=1S/C21H24N2O8S2/c24-32(25,16-2-4-18-20(14-16)29-11-1-10-28-18)22-6-8-23(9-7-22)33(26,27)17-3-5-19-21(15-17)31-13-12-30-19/h2-5,14-15H,1,6-13H2. The van der Waals surface area contributed by atoms with E-state index in [1.54, 1.807) is 12.1 Å². The number of rotatable bonds is 4. The number of benzene rings is 2. The van der Waals surface area contributed by atoms with E-state index in [9.17, 15) is 16.8 Å². The molecule has 0 aliphatic carbocycles. The number of hydrogen-bond acceptors (Lipinski definition) is 8. The molecule has 0 amide bonds. The van der Waals surface area contributed by atoms with Gasteiger partial charge in [0, 0.05) is 44.7 Å². The second kappa shape index (κ2) is 8.67. The van der Waals surface area contributed by atoms with Crippen LogP contribution in [0.3, 0.4) is 0 Å². The first-order chi connectivity index (χ1) is 15.9. The molecule has 0 bridgehead atoms.